The summed E-state index contributed by atoms with van der Waals surface area (Å²) in [6.45, 7) is 7.87. The van der Waals surface area contributed by atoms with Crippen LogP contribution in [0.3, 0.4) is 0 Å². The van der Waals surface area contributed by atoms with Crippen LogP contribution >= 0.6 is 0 Å². The van der Waals surface area contributed by atoms with Gasteiger partial charge in [0.1, 0.15) is 5.82 Å². The van der Waals surface area contributed by atoms with Gasteiger partial charge < -0.3 is 10.6 Å². The lowest BCUT2D eigenvalue weighted by molar-refractivity contribution is 0.358. The van der Waals surface area contributed by atoms with E-state index in [1.165, 1.54) is 5.69 Å². The zero-order chi connectivity index (χ0) is 13.6. The first kappa shape index (κ1) is 12.0. The van der Waals surface area contributed by atoms with E-state index in [4.69, 9.17) is 5.73 Å². The van der Waals surface area contributed by atoms with Crippen molar-refractivity contribution < 1.29 is 0 Å². The Balaban J connectivity index is 1.74. The van der Waals surface area contributed by atoms with Crippen molar-refractivity contribution in [1.29, 1.82) is 0 Å². The Labute approximate surface area is 112 Å². The molecule has 2 aromatic rings. The number of aromatic nitrogens is 4. The molecule has 0 spiro atoms. The lowest BCUT2D eigenvalue weighted by Crippen LogP contribution is -2.49. The second-order valence-electron chi connectivity index (χ2n) is 5.16. The molecule has 0 bridgehead atoms. The van der Waals surface area contributed by atoms with Gasteiger partial charge in [0.2, 0.25) is 5.95 Å². The fourth-order valence-corrected chi connectivity index (χ4v) is 2.55. The standard InChI is InChI=1S/C13H18N6/c1-8-5-12(16-13(14)15-8)18-6-11(7-18)19-10(3)4-9(2)17-19/h4-5,11H,6-7H2,1-3H3,(H2,14,15,16). The maximum atomic E-state index is 5.68. The minimum absolute atomic E-state index is 0.338. The van der Waals surface area contributed by atoms with Crippen molar-refractivity contribution in [2.24, 2.45) is 0 Å². The number of nitrogens with zero attached hydrogens (tertiary/aromatic N) is 5. The third kappa shape index (κ3) is 2.14. The number of nitrogens with two attached hydrogens (primary N) is 1. The first-order chi connectivity index (χ1) is 9.02. The highest BCUT2D eigenvalue weighted by atomic mass is 15.4. The summed E-state index contributed by atoms with van der Waals surface area (Å²) < 4.78 is 2.10. The van der Waals surface area contributed by atoms with Crippen LogP contribution in [0.5, 0.6) is 0 Å². The molecule has 0 saturated carbocycles. The van der Waals surface area contributed by atoms with Crippen LogP contribution in [-0.4, -0.2) is 32.8 Å². The normalized spacial score (nSPS) is 15.6. The van der Waals surface area contributed by atoms with Crippen LogP contribution in [0.2, 0.25) is 0 Å². The third-order valence-corrected chi connectivity index (χ3v) is 3.43. The average Bonchev–Trinajstić information content (AvgIpc) is 2.54. The summed E-state index contributed by atoms with van der Waals surface area (Å²) in [5.74, 6) is 1.24. The van der Waals surface area contributed by atoms with Crippen molar-refractivity contribution >= 4 is 11.8 Å². The van der Waals surface area contributed by atoms with Gasteiger partial charge >= 0.3 is 0 Å². The molecule has 0 aromatic carbocycles. The molecular weight excluding hydrogens is 240 g/mol. The van der Waals surface area contributed by atoms with E-state index in [0.29, 0.717) is 12.0 Å². The summed E-state index contributed by atoms with van der Waals surface area (Å²) in [4.78, 5) is 10.6. The van der Waals surface area contributed by atoms with Crippen molar-refractivity contribution in [2.45, 2.75) is 26.8 Å². The topological polar surface area (TPSA) is 72.9 Å². The quantitative estimate of drug-likeness (QED) is 0.877. The predicted molar refractivity (Wildman–Crippen MR) is 74.1 cm³/mol. The maximum absolute atomic E-state index is 5.68. The summed E-state index contributed by atoms with van der Waals surface area (Å²) >= 11 is 0. The highest BCUT2D eigenvalue weighted by Gasteiger charge is 2.31. The molecule has 0 atom stereocenters. The van der Waals surface area contributed by atoms with E-state index >= 15 is 0 Å². The third-order valence-electron chi connectivity index (χ3n) is 3.43. The van der Waals surface area contributed by atoms with E-state index in [2.05, 4.69) is 37.6 Å². The lowest BCUT2D eigenvalue weighted by atomic mass is 10.1. The molecule has 1 aliphatic rings. The average molecular weight is 258 g/mol. The summed E-state index contributed by atoms with van der Waals surface area (Å²) in [5.41, 5.74) is 8.86. The SMILES string of the molecule is Cc1cc(N2CC(n3nc(C)cc3C)C2)nc(N)n1. The van der Waals surface area contributed by atoms with E-state index in [1.54, 1.807) is 0 Å². The highest BCUT2D eigenvalue weighted by molar-refractivity contribution is 5.46. The van der Waals surface area contributed by atoms with E-state index in [-0.39, 0.29) is 0 Å². The van der Waals surface area contributed by atoms with Gasteiger partial charge in [-0.05, 0) is 26.8 Å². The van der Waals surface area contributed by atoms with Gasteiger partial charge in [-0.15, -0.1) is 0 Å². The van der Waals surface area contributed by atoms with Crippen LogP contribution in [0.4, 0.5) is 11.8 Å². The molecule has 3 rings (SSSR count). The second kappa shape index (κ2) is 4.22. The Hall–Kier alpha value is -2.11. The summed E-state index contributed by atoms with van der Waals surface area (Å²) in [7, 11) is 0. The smallest absolute Gasteiger partial charge is 0.222 e. The Morgan fingerprint density at radius 2 is 1.84 bits per heavy atom. The van der Waals surface area contributed by atoms with Gasteiger partial charge in [0.15, 0.2) is 0 Å². The number of hydrogen-bond donors (Lipinski definition) is 1. The number of hydrogen-bond acceptors (Lipinski definition) is 5. The van der Waals surface area contributed by atoms with Crippen molar-refractivity contribution in [3.63, 3.8) is 0 Å². The number of rotatable bonds is 2. The second-order valence-corrected chi connectivity index (χ2v) is 5.16. The number of aryl methyl sites for hydroxylation is 3. The summed E-state index contributed by atoms with van der Waals surface area (Å²) in [6, 6.07) is 4.49. The van der Waals surface area contributed by atoms with Crippen molar-refractivity contribution in [3.8, 4) is 0 Å². The summed E-state index contributed by atoms with van der Waals surface area (Å²) in [6.07, 6.45) is 0. The Morgan fingerprint density at radius 1 is 1.11 bits per heavy atom. The van der Waals surface area contributed by atoms with Crippen molar-refractivity contribution in [3.05, 3.63) is 29.2 Å². The van der Waals surface area contributed by atoms with E-state index < -0.39 is 0 Å². The van der Waals surface area contributed by atoms with Crippen LogP contribution in [0, 0.1) is 20.8 Å². The van der Waals surface area contributed by atoms with Gasteiger partial charge in [0.05, 0.1) is 11.7 Å². The molecule has 100 valence electrons. The molecular formula is C13H18N6. The molecule has 2 N–H and O–H groups in total. The molecule has 1 aliphatic heterocycles. The molecule has 0 aliphatic carbocycles. The predicted octanol–water partition coefficient (Wildman–Crippen LogP) is 1.24. The van der Waals surface area contributed by atoms with E-state index in [1.807, 2.05) is 19.9 Å². The van der Waals surface area contributed by atoms with Gasteiger partial charge in [-0.3, -0.25) is 4.68 Å². The molecule has 19 heavy (non-hydrogen) atoms. The molecule has 1 fully saturated rings. The molecule has 2 aromatic heterocycles. The molecule has 1 saturated heterocycles. The van der Waals surface area contributed by atoms with Crippen LogP contribution in [0.25, 0.3) is 0 Å². The van der Waals surface area contributed by atoms with Gasteiger partial charge in [-0.25, -0.2) is 4.98 Å². The Morgan fingerprint density at radius 3 is 2.42 bits per heavy atom. The fourth-order valence-electron chi connectivity index (χ4n) is 2.55. The zero-order valence-electron chi connectivity index (χ0n) is 11.5. The maximum Gasteiger partial charge on any atom is 0.222 e. The van der Waals surface area contributed by atoms with Crippen molar-refractivity contribution in [2.75, 3.05) is 23.7 Å². The van der Waals surface area contributed by atoms with Crippen LogP contribution < -0.4 is 10.6 Å². The van der Waals surface area contributed by atoms with E-state index in [0.717, 1.165) is 30.3 Å². The molecule has 0 radical (unpaired) electrons. The van der Waals surface area contributed by atoms with E-state index in [9.17, 15) is 0 Å². The molecule has 3 heterocycles. The minimum Gasteiger partial charge on any atom is -0.368 e. The van der Waals surface area contributed by atoms with Gasteiger partial charge in [0.25, 0.3) is 0 Å². The van der Waals surface area contributed by atoms with Crippen LogP contribution in [-0.2, 0) is 0 Å². The van der Waals surface area contributed by atoms with Crippen LogP contribution in [0.1, 0.15) is 23.1 Å². The monoisotopic (exact) mass is 258 g/mol. The number of anilines is 2. The molecule has 0 unspecified atom stereocenters. The van der Waals surface area contributed by atoms with Gasteiger partial charge in [0, 0.05) is 30.5 Å². The molecule has 6 nitrogen and oxygen atoms in total. The first-order valence-corrected chi connectivity index (χ1v) is 6.42. The zero-order valence-corrected chi connectivity index (χ0v) is 11.5. The lowest BCUT2D eigenvalue weighted by Gasteiger charge is -2.40. The summed E-state index contributed by atoms with van der Waals surface area (Å²) in [5, 5.41) is 4.53. The molecule has 0 amide bonds. The minimum atomic E-state index is 0.338. The first-order valence-electron chi connectivity index (χ1n) is 6.42. The number of nitrogen functional groups attached to an aromatic ring is 1. The van der Waals surface area contributed by atoms with Gasteiger partial charge in [-0.1, -0.05) is 0 Å². The molecule has 6 heteroatoms. The Kier molecular flexibility index (Phi) is 2.66. The van der Waals surface area contributed by atoms with Gasteiger partial charge in [-0.2, -0.15) is 10.1 Å². The largest absolute Gasteiger partial charge is 0.368 e. The van der Waals surface area contributed by atoms with Crippen LogP contribution in [0.15, 0.2) is 12.1 Å². The Bertz CT molecular complexity index is 591. The fraction of sp³-hybridized carbons (Fsp3) is 0.462. The van der Waals surface area contributed by atoms with Crippen molar-refractivity contribution in [1.82, 2.24) is 19.7 Å². The highest BCUT2D eigenvalue weighted by Crippen LogP contribution is 2.27.